The van der Waals surface area contributed by atoms with Gasteiger partial charge in [0, 0.05) is 39.6 Å². The third-order valence-corrected chi connectivity index (χ3v) is 5.71. The standard InChI is InChI=1S/C23H30N6O3/c1-16(2)27(4)22-21-23(25-14-24-22)29(15-26-21)20-12-28(10-18-8-6-5-7-9-18)11-19(32-20)13-31-17(3)30/h5-9,14-16,19-20H,10-13H2,1-4H3/t19-,20+/m0/s1. The minimum atomic E-state index is -0.315. The van der Waals surface area contributed by atoms with Crippen LogP contribution in [-0.4, -0.2) is 69.3 Å². The van der Waals surface area contributed by atoms with Crippen LogP contribution < -0.4 is 4.90 Å². The van der Waals surface area contributed by atoms with Crippen LogP contribution >= 0.6 is 0 Å². The number of imidazole rings is 1. The van der Waals surface area contributed by atoms with Crippen LogP contribution in [0.4, 0.5) is 5.82 Å². The number of ether oxygens (including phenoxy) is 2. The summed E-state index contributed by atoms with van der Waals surface area (Å²) in [6.45, 7) is 7.94. The van der Waals surface area contributed by atoms with E-state index in [0.29, 0.717) is 13.1 Å². The van der Waals surface area contributed by atoms with Crippen molar-refractivity contribution in [1.29, 1.82) is 0 Å². The highest BCUT2D eigenvalue weighted by Crippen LogP contribution is 2.28. The molecule has 0 saturated carbocycles. The fraction of sp³-hybridized carbons (Fsp3) is 0.478. The smallest absolute Gasteiger partial charge is 0.302 e. The Morgan fingerprint density at radius 3 is 2.72 bits per heavy atom. The van der Waals surface area contributed by atoms with Crippen molar-refractivity contribution < 1.29 is 14.3 Å². The van der Waals surface area contributed by atoms with Gasteiger partial charge in [0.2, 0.25) is 0 Å². The highest BCUT2D eigenvalue weighted by Gasteiger charge is 2.31. The van der Waals surface area contributed by atoms with Crippen molar-refractivity contribution in [3.8, 4) is 0 Å². The minimum absolute atomic E-state index is 0.208. The van der Waals surface area contributed by atoms with E-state index in [4.69, 9.17) is 9.47 Å². The third kappa shape index (κ3) is 4.89. The number of nitrogens with zero attached hydrogens (tertiary/aromatic N) is 6. The van der Waals surface area contributed by atoms with Gasteiger partial charge in [0.25, 0.3) is 0 Å². The topological polar surface area (TPSA) is 85.6 Å². The molecule has 4 rings (SSSR count). The Bertz CT molecular complexity index is 1050. The van der Waals surface area contributed by atoms with Crippen LogP contribution in [0.2, 0.25) is 0 Å². The van der Waals surface area contributed by atoms with Crippen LogP contribution in [-0.2, 0) is 20.8 Å². The van der Waals surface area contributed by atoms with Crippen molar-refractivity contribution in [3.05, 3.63) is 48.5 Å². The van der Waals surface area contributed by atoms with E-state index in [2.05, 4.69) is 50.7 Å². The van der Waals surface area contributed by atoms with Gasteiger partial charge in [-0.15, -0.1) is 0 Å². The van der Waals surface area contributed by atoms with Crippen molar-refractivity contribution in [1.82, 2.24) is 24.4 Å². The summed E-state index contributed by atoms with van der Waals surface area (Å²) in [4.78, 5) is 29.3. The molecule has 9 heteroatoms. The number of carbonyl (C=O) groups is 1. The zero-order valence-corrected chi connectivity index (χ0v) is 19.0. The van der Waals surface area contributed by atoms with E-state index in [1.165, 1.54) is 12.5 Å². The number of esters is 1. The van der Waals surface area contributed by atoms with Gasteiger partial charge in [-0.1, -0.05) is 30.3 Å². The third-order valence-electron chi connectivity index (χ3n) is 5.71. The summed E-state index contributed by atoms with van der Waals surface area (Å²) in [6, 6.07) is 10.6. The molecule has 1 aliphatic heterocycles. The first-order valence-electron chi connectivity index (χ1n) is 10.9. The van der Waals surface area contributed by atoms with Crippen LogP contribution in [0, 0.1) is 0 Å². The first kappa shape index (κ1) is 22.2. The van der Waals surface area contributed by atoms with Crippen molar-refractivity contribution in [2.75, 3.05) is 31.6 Å². The molecule has 3 aromatic rings. The molecule has 0 bridgehead atoms. The molecule has 0 amide bonds. The van der Waals surface area contributed by atoms with Crippen LogP contribution in [0.3, 0.4) is 0 Å². The molecule has 1 aromatic carbocycles. The van der Waals surface area contributed by atoms with Crippen molar-refractivity contribution in [3.63, 3.8) is 0 Å². The number of aromatic nitrogens is 4. The molecule has 2 atom stereocenters. The quantitative estimate of drug-likeness (QED) is 0.521. The average molecular weight is 439 g/mol. The number of morpholine rings is 1. The average Bonchev–Trinajstić information content (AvgIpc) is 3.22. The van der Waals surface area contributed by atoms with Crippen LogP contribution in [0.15, 0.2) is 43.0 Å². The lowest BCUT2D eigenvalue weighted by Crippen LogP contribution is -2.47. The van der Waals surface area contributed by atoms with Gasteiger partial charge in [0.15, 0.2) is 17.0 Å². The van der Waals surface area contributed by atoms with Crippen molar-refractivity contribution >= 4 is 23.0 Å². The lowest BCUT2D eigenvalue weighted by Gasteiger charge is -2.38. The molecule has 0 radical (unpaired) electrons. The monoisotopic (exact) mass is 438 g/mol. The van der Waals surface area contributed by atoms with Crippen LogP contribution in [0.5, 0.6) is 0 Å². The number of rotatable bonds is 7. The van der Waals surface area contributed by atoms with Gasteiger partial charge in [-0.3, -0.25) is 14.3 Å². The van der Waals surface area contributed by atoms with E-state index in [1.807, 2.05) is 29.8 Å². The Hall–Kier alpha value is -3.04. The Morgan fingerprint density at radius 2 is 2.00 bits per heavy atom. The highest BCUT2D eigenvalue weighted by atomic mass is 16.6. The van der Waals surface area contributed by atoms with E-state index >= 15 is 0 Å². The minimum Gasteiger partial charge on any atom is -0.463 e. The number of hydrogen-bond donors (Lipinski definition) is 0. The molecule has 1 aliphatic rings. The van der Waals surface area contributed by atoms with Gasteiger partial charge in [0.05, 0.1) is 6.33 Å². The molecule has 1 saturated heterocycles. The summed E-state index contributed by atoms with van der Waals surface area (Å²) >= 11 is 0. The molecule has 3 heterocycles. The van der Waals surface area contributed by atoms with Crippen LogP contribution in [0.1, 0.15) is 32.6 Å². The van der Waals surface area contributed by atoms with Gasteiger partial charge in [-0.05, 0) is 19.4 Å². The second-order valence-corrected chi connectivity index (χ2v) is 8.42. The highest BCUT2D eigenvalue weighted by molar-refractivity contribution is 5.83. The second-order valence-electron chi connectivity index (χ2n) is 8.42. The maximum Gasteiger partial charge on any atom is 0.302 e. The fourth-order valence-electron chi connectivity index (χ4n) is 3.87. The first-order valence-corrected chi connectivity index (χ1v) is 10.9. The molecular weight excluding hydrogens is 408 g/mol. The number of hydrogen-bond acceptors (Lipinski definition) is 8. The predicted molar refractivity (Wildman–Crippen MR) is 121 cm³/mol. The molecule has 0 N–H and O–H groups in total. The van der Waals surface area contributed by atoms with Gasteiger partial charge < -0.3 is 14.4 Å². The van der Waals surface area contributed by atoms with Gasteiger partial charge in [-0.25, -0.2) is 15.0 Å². The summed E-state index contributed by atoms with van der Waals surface area (Å²) in [6.07, 6.45) is 2.76. The lowest BCUT2D eigenvalue weighted by atomic mass is 10.2. The number of carbonyl (C=O) groups excluding carboxylic acids is 1. The molecule has 0 unspecified atom stereocenters. The Balaban J connectivity index is 1.62. The second kappa shape index (κ2) is 9.62. The zero-order valence-electron chi connectivity index (χ0n) is 19.0. The molecule has 0 aliphatic carbocycles. The lowest BCUT2D eigenvalue weighted by molar-refractivity contribution is -0.162. The zero-order chi connectivity index (χ0) is 22.7. The molecule has 9 nitrogen and oxygen atoms in total. The first-order chi connectivity index (χ1) is 15.4. The summed E-state index contributed by atoms with van der Waals surface area (Å²) in [5.74, 6) is 0.477. The summed E-state index contributed by atoms with van der Waals surface area (Å²) in [5, 5.41) is 0. The molecular formula is C23H30N6O3. The van der Waals surface area contributed by atoms with E-state index in [9.17, 15) is 4.79 Å². The molecule has 2 aromatic heterocycles. The van der Waals surface area contributed by atoms with E-state index < -0.39 is 0 Å². The number of fused-ring (bicyclic) bond motifs is 1. The van der Waals surface area contributed by atoms with Crippen LogP contribution in [0.25, 0.3) is 11.2 Å². The summed E-state index contributed by atoms with van der Waals surface area (Å²) in [5.41, 5.74) is 2.68. The van der Waals surface area contributed by atoms with E-state index in [-0.39, 0.29) is 30.9 Å². The van der Waals surface area contributed by atoms with E-state index in [1.54, 1.807) is 12.7 Å². The predicted octanol–water partition coefficient (Wildman–Crippen LogP) is 2.63. The molecule has 0 spiro atoms. The summed E-state index contributed by atoms with van der Waals surface area (Å²) < 4.78 is 13.5. The Morgan fingerprint density at radius 1 is 1.22 bits per heavy atom. The van der Waals surface area contributed by atoms with E-state index in [0.717, 1.165) is 23.5 Å². The Kier molecular flexibility index (Phi) is 6.66. The largest absolute Gasteiger partial charge is 0.463 e. The maximum absolute atomic E-state index is 11.4. The SMILES string of the molecule is CC(=O)OC[C@@H]1CN(Cc2ccccc2)C[C@H](n2cnc3c(N(C)C(C)C)ncnc32)O1. The van der Waals surface area contributed by atoms with Gasteiger partial charge in [-0.2, -0.15) is 0 Å². The summed E-state index contributed by atoms with van der Waals surface area (Å²) in [7, 11) is 2.00. The maximum atomic E-state index is 11.4. The molecule has 32 heavy (non-hydrogen) atoms. The molecule has 1 fully saturated rings. The van der Waals surface area contributed by atoms with Crippen molar-refractivity contribution in [2.45, 2.75) is 45.7 Å². The fourth-order valence-corrected chi connectivity index (χ4v) is 3.87. The molecule has 170 valence electrons. The number of anilines is 1. The van der Waals surface area contributed by atoms with Gasteiger partial charge in [0.1, 0.15) is 25.3 Å². The van der Waals surface area contributed by atoms with Crippen molar-refractivity contribution in [2.24, 2.45) is 0 Å². The number of benzene rings is 1. The normalized spacial score (nSPS) is 19.4. The Labute approximate surface area is 188 Å². The van der Waals surface area contributed by atoms with Gasteiger partial charge >= 0.3 is 5.97 Å².